The number of piperazine rings is 1. The highest BCUT2D eigenvalue weighted by atomic mass is 19.2. The number of aryl methyl sites for hydroxylation is 1. The summed E-state index contributed by atoms with van der Waals surface area (Å²) < 4.78 is 28.3. The summed E-state index contributed by atoms with van der Waals surface area (Å²) >= 11 is 0. The second kappa shape index (κ2) is 14.3. The molecule has 39 heavy (non-hydrogen) atoms. The van der Waals surface area contributed by atoms with Gasteiger partial charge in [0.15, 0.2) is 11.5 Å². The van der Waals surface area contributed by atoms with Crippen molar-refractivity contribution in [2.24, 2.45) is 11.8 Å². The Morgan fingerprint density at radius 1 is 0.974 bits per heavy atom. The van der Waals surface area contributed by atoms with Crippen LogP contribution < -0.4 is 9.47 Å². The number of nitrogens with zero attached hydrogens (tertiary/aromatic N) is 3. The maximum Gasteiger partial charge on any atom is 0.404 e. The molecule has 3 heterocycles. The average Bonchev–Trinajstić information content (AvgIpc) is 3.22. The molecule has 5 rings (SSSR count). The van der Waals surface area contributed by atoms with E-state index in [-0.39, 0.29) is 0 Å². The van der Waals surface area contributed by atoms with Crippen LogP contribution in [0.25, 0.3) is 0 Å². The molecule has 220 valence electrons. The molecule has 7 heteroatoms. The first kappa shape index (κ1) is 30.3. The molecular formula is C32H52FN3O3. The zero-order valence-corrected chi connectivity index (χ0v) is 25.1. The largest absolute Gasteiger partial charge is 0.423 e. The molecule has 0 aromatic heterocycles. The molecule has 3 atom stereocenters. The number of halogens is 1. The fourth-order valence-corrected chi connectivity index (χ4v) is 6.00. The summed E-state index contributed by atoms with van der Waals surface area (Å²) in [6.07, 6.45) is 9.54. The fraction of sp³-hybridized carbons (Fsp3) is 0.750. The number of ether oxygens (including phenoxy) is 3. The van der Waals surface area contributed by atoms with Crippen LogP contribution in [0.3, 0.4) is 0 Å². The van der Waals surface area contributed by atoms with Crippen LogP contribution in [0.1, 0.15) is 65.4 Å². The number of hydrogen-bond acceptors (Lipinski definition) is 6. The van der Waals surface area contributed by atoms with Gasteiger partial charge in [-0.1, -0.05) is 44.9 Å². The van der Waals surface area contributed by atoms with E-state index in [0.29, 0.717) is 17.5 Å². The van der Waals surface area contributed by atoms with Crippen LogP contribution in [0.2, 0.25) is 0 Å². The van der Waals surface area contributed by atoms with Gasteiger partial charge in [-0.25, -0.2) is 0 Å². The zero-order chi connectivity index (χ0) is 27.8. The van der Waals surface area contributed by atoms with Gasteiger partial charge in [0.2, 0.25) is 0 Å². The van der Waals surface area contributed by atoms with Gasteiger partial charge in [-0.2, -0.15) is 4.39 Å². The Kier molecular flexibility index (Phi) is 11.1. The van der Waals surface area contributed by atoms with Crippen LogP contribution in [0.4, 0.5) is 4.39 Å². The molecule has 1 aromatic rings. The summed E-state index contributed by atoms with van der Waals surface area (Å²) in [6.45, 7) is 21.7. The molecule has 1 saturated carbocycles. The first-order valence-electron chi connectivity index (χ1n) is 15.4. The Hall–Kier alpha value is -1.67. The molecular weight excluding hydrogens is 493 g/mol. The zero-order valence-electron chi connectivity index (χ0n) is 25.1. The molecule has 0 spiro atoms. The van der Waals surface area contributed by atoms with E-state index in [1.165, 1.54) is 78.3 Å². The Bertz CT molecular complexity index is 914. The highest BCUT2D eigenvalue weighted by Gasteiger charge is 2.36. The Morgan fingerprint density at radius 2 is 1.62 bits per heavy atom. The number of fused-ring (bicyclic) bond motifs is 1. The van der Waals surface area contributed by atoms with E-state index >= 15 is 0 Å². The minimum Gasteiger partial charge on any atom is -0.423 e. The lowest BCUT2D eigenvalue weighted by atomic mass is 9.74. The summed E-state index contributed by atoms with van der Waals surface area (Å²) in [5, 5.41) is 0. The highest BCUT2D eigenvalue weighted by Crippen LogP contribution is 2.40. The summed E-state index contributed by atoms with van der Waals surface area (Å²) in [5.74, 6) is 2.59. The maximum atomic E-state index is 13.1. The standard InChI is InChI=1S/C23H43N3O.C9H9FO2/c1-4-20(3)23(21-7-6-8-21)19-22(5-2)26-13-11-24(12-14-26)9-10-25-15-17-27-18-16-25;1-6-3-4-7-8(5-6)12-9(2,10)11-7/h19-22H,4-18H2,1-3H3;3-5H,1-2H3/b23-19+;. The maximum absolute atomic E-state index is 13.1. The molecule has 0 radical (unpaired) electrons. The monoisotopic (exact) mass is 545 g/mol. The molecule has 1 aromatic carbocycles. The molecule has 3 fully saturated rings. The van der Waals surface area contributed by atoms with E-state index in [9.17, 15) is 4.39 Å². The van der Waals surface area contributed by atoms with Crippen molar-refractivity contribution < 1.29 is 18.6 Å². The van der Waals surface area contributed by atoms with Gasteiger partial charge < -0.3 is 14.2 Å². The van der Waals surface area contributed by atoms with Gasteiger partial charge in [0.05, 0.1) is 13.2 Å². The van der Waals surface area contributed by atoms with Crippen LogP contribution in [0.5, 0.6) is 11.5 Å². The number of alkyl halides is 1. The van der Waals surface area contributed by atoms with Crippen LogP contribution in [0.15, 0.2) is 29.8 Å². The smallest absolute Gasteiger partial charge is 0.404 e. The van der Waals surface area contributed by atoms with Gasteiger partial charge in [-0.15, -0.1) is 0 Å². The van der Waals surface area contributed by atoms with Crippen LogP contribution in [-0.4, -0.2) is 92.4 Å². The molecule has 0 amide bonds. The Balaban J connectivity index is 0.000000243. The lowest BCUT2D eigenvalue weighted by molar-refractivity contribution is -0.173. The van der Waals surface area contributed by atoms with Gasteiger partial charge in [-0.3, -0.25) is 14.7 Å². The molecule has 0 N–H and O–H groups in total. The van der Waals surface area contributed by atoms with E-state index in [4.69, 9.17) is 14.2 Å². The summed E-state index contributed by atoms with van der Waals surface area (Å²) in [4.78, 5) is 7.99. The summed E-state index contributed by atoms with van der Waals surface area (Å²) in [5.41, 5.74) is 2.81. The number of benzene rings is 1. The predicted molar refractivity (Wildman–Crippen MR) is 156 cm³/mol. The Morgan fingerprint density at radius 3 is 2.21 bits per heavy atom. The molecule has 4 aliphatic rings. The van der Waals surface area contributed by atoms with E-state index < -0.39 is 6.04 Å². The molecule has 2 saturated heterocycles. The topological polar surface area (TPSA) is 37.4 Å². The lowest BCUT2D eigenvalue weighted by Crippen LogP contribution is -2.51. The SMILES string of the molecule is CCC(C)/C(=C\C(CC)N1CCN(CCN2CCOCC2)CC1)C1CCC1.Cc1ccc2c(c1)OC(C)(F)O2. The minimum absolute atomic E-state index is 0.464. The second-order valence-corrected chi connectivity index (χ2v) is 11.9. The van der Waals surface area contributed by atoms with Crippen LogP contribution in [-0.2, 0) is 4.74 Å². The van der Waals surface area contributed by atoms with Crippen molar-refractivity contribution in [3.05, 3.63) is 35.4 Å². The van der Waals surface area contributed by atoms with E-state index in [1.54, 1.807) is 17.7 Å². The van der Waals surface area contributed by atoms with Gasteiger partial charge >= 0.3 is 6.04 Å². The first-order chi connectivity index (χ1) is 18.8. The molecule has 1 aliphatic carbocycles. The Labute approximate surface area is 236 Å². The van der Waals surface area contributed by atoms with E-state index in [1.807, 2.05) is 13.0 Å². The third-order valence-electron chi connectivity index (χ3n) is 8.96. The number of hydrogen-bond donors (Lipinski definition) is 0. The van der Waals surface area contributed by atoms with Crippen LogP contribution >= 0.6 is 0 Å². The third-order valence-corrected chi connectivity index (χ3v) is 8.96. The second-order valence-electron chi connectivity index (χ2n) is 11.9. The minimum atomic E-state index is -2.00. The van der Waals surface area contributed by atoms with Crippen molar-refractivity contribution in [3.63, 3.8) is 0 Å². The highest BCUT2D eigenvalue weighted by molar-refractivity contribution is 5.44. The summed E-state index contributed by atoms with van der Waals surface area (Å²) in [6, 6.07) is 3.95. The third kappa shape index (κ3) is 8.66. The van der Waals surface area contributed by atoms with Crippen molar-refractivity contribution in [3.8, 4) is 11.5 Å². The number of morpholine rings is 1. The first-order valence-corrected chi connectivity index (χ1v) is 15.4. The van der Waals surface area contributed by atoms with Gasteiger partial charge in [0, 0.05) is 65.3 Å². The van der Waals surface area contributed by atoms with E-state index in [0.717, 1.165) is 43.7 Å². The van der Waals surface area contributed by atoms with Gasteiger partial charge in [0.1, 0.15) is 0 Å². The van der Waals surface area contributed by atoms with Crippen molar-refractivity contribution in [2.45, 2.75) is 78.8 Å². The van der Waals surface area contributed by atoms with Crippen molar-refractivity contribution in [1.29, 1.82) is 0 Å². The number of allylic oxidation sites excluding steroid dienone is 1. The van der Waals surface area contributed by atoms with Crippen LogP contribution in [0, 0.1) is 18.8 Å². The average molecular weight is 546 g/mol. The molecule has 3 aliphatic heterocycles. The van der Waals surface area contributed by atoms with Crippen molar-refractivity contribution in [2.75, 3.05) is 65.6 Å². The quantitative estimate of drug-likeness (QED) is 0.360. The summed E-state index contributed by atoms with van der Waals surface area (Å²) in [7, 11) is 0. The van der Waals surface area contributed by atoms with E-state index in [2.05, 4.69) is 41.5 Å². The fourth-order valence-electron chi connectivity index (χ4n) is 6.00. The normalized spacial score (nSPS) is 26.5. The molecule has 6 nitrogen and oxygen atoms in total. The molecule has 3 unspecified atom stereocenters. The van der Waals surface area contributed by atoms with Crippen molar-refractivity contribution >= 4 is 0 Å². The lowest BCUT2D eigenvalue weighted by Gasteiger charge is -2.40. The molecule has 0 bridgehead atoms. The number of rotatable bonds is 9. The predicted octanol–water partition coefficient (Wildman–Crippen LogP) is 5.90. The van der Waals surface area contributed by atoms with Gasteiger partial charge in [-0.05, 0) is 62.1 Å². The van der Waals surface area contributed by atoms with Gasteiger partial charge in [0.25, 0.3) is 0 Å². The van der Waals surface area contributed by atoms with Crippen molar-refractivity contribution in [1.82, 2.24) is 14.7 Å².